The largest absolute Gasteiger partial charge is 0.490 e. The maximum Gasteiger partial charge on any atom is 0.277 e. The molecule has 188 valence electrons. The maximum atomic E-state index is 12.9. The van der Waals surface area contributed by atoms with E-state index in [0.717, 1.165) is 5.56 Å². The number of thioether (sulfide) groups is 1. The molecule has 0 aliphatic heterocycles. The van der Waals surface area contributed by atoms with E-state index in [4.69, 9.17) is 18.6 Å². The highest BCUT2D eigenvalue weighted by atomic mass is 32.2. The normalized spacial score (nSPS) is 10.9. The van der Waals surface area contributed by atoms with E-state index in [1.807, 2.05) is 69.9 Å². The van der Waals surface area contributed by atoms with Crippen molar-refractivity contribution in [2.45, 2.75) is 52.4 Å². The van der Waals surface area contributed by atoms with Crippen molar-refractivity contribution in [2.75, 3.05) is 25.6 Å². The van der Waals surface area contributed by atoms with Crippen LogP contribution in [0.1, 0.15) is 40.2 Å². The lowest BCUT2D eigenvalue weighted by atomic mass is 10.2. The SMILES string of the molecule is CCOc1cc(-c2nnc(SCC(=O)N(Cc3ccccc3)C(C)C)o2)cc(OCC)c1OCC. The minimum atomic E-state index is 0.00642. The summed E-state index contributed by atoms with van der Waals surface area (Å²) in [6.07, 6.45) is 0. The second-order valence-corrected chi connectivity index (χ2v) is 8.79. The van der Waals surface area contributed by atoms with Crippen molar-refractivity contribution in [3.63, 3.8) is 0 Å². The average molecular weight is 500 g/mol. The van der Waals surface area contributed by atoms with Crippen molar-refractivity contribution in [3.8, 4) is 28.7 Å². The molecule has 1 aromatic heterocycles. The highest BCUT2D eigenvalue weighted by Gasteiger charge is 2.21. The summed E-state index contributed by atoms with van der Waals surface area (Å²) < 4.78 is 23.2. The molecule has 3 rings (SSSR count). The number of rotatable bonds is 13. The number of hydrogen-bond donors (Lipinski definition) is 0. The first-order chi connectivity index (χ1) is 17.0. The number of aromatic nitrogens is 2. The minimum Gasteiger partial charge on any atom is -0.490 e. The van der Waals surface area contributed by atoms with Crippen LogP contribution in [0.25, 0.3) is 11.5 Å². The third-order valence-corrected chi connectivity index (χ3v) is 5.82. The van der Waals surface area contributed by atoms with Crippen LogP contribution in [0.3, 0.4) is 0 Å². The van der Waals surface area contributed by atoms with E-state index < -0.39 is 0 Å². The molecule has 0 fully saturated rings. The number of amides is 1. The molecule has 3 aromatic rings. The Bertz CT molecular complexity index is 1060. The Hall–Kier alpha value is -3.20. The number of nitrogens with zero attached hydrogens (tertiary/aromatic N) is 3. The molecule has 0 bridgehead atoms. The molecule has 0 N–H and O–H groups in total. The Kier molecular flexibility index (Phi) is 9.84. The van der Waals surface area contributed by atoms with Gasteiger partial charge in [0.15, 0.2) is 11.5 Å². The quantitative estimate of drug-likeness (QED) is 0.287. The number of benzene rings is 2. The lowest BCUT2D eigenvalue weighted by Gasteiger charge is -2.26. The zero-order valence-electron chi connectivity index (χ0n) is 20.9. The second-order valence-electron chi connectivity index (χ2n) is 7.86. The molecule has 1 amide bonds. The van der Waals surface area contributed by atoms with Crippen LogP contribution >= 0.6 is 11.8 Å². The van der Waals surface area contributed by atoms with Gasteiger partial charge in [0.2, 0.25) is 17.5 Å². The Morgan fingerprint density at radius 3 is 2.17 bits per heavy atom. The molecule has 1 heterocycles. The summed E-state index contributed by atoms with van der Waals surface area (Å²) in [6, 6.07) is 13.6. The number of carbonyl (C=O) groups excluding carboxylic acids is 1. The van der Waals surface area contributed by atoms with Gasteiger partial charge in [0.1, 0.15) is 0 Å². The van der Waals surface area contributed by atoms with Gasteiger partial charge in [-0.05, 0) is 52.3 Å². The molecule has 8 nitrogen and oxygen atoms in total. The average Bonchev–Trinajstić information content (AvgIpc) is 3.33. The monoisotopic (exact) mass is 499 g/mol. The summed E-state index contributed by atoms with van der Waals surface area (Å²) in [7, 11) is 0. The summed E-state index contributed by atoms with van der Waals surface area (Å²) in [5.41, 5.74) is 1.74. The fourth-order valence-corrected chi connectivity index (χ4v) is 4.09. The molecule has 0 aliphatic carbocycles. The van der Waals surface area contributed by atoms with Crippen molar-refractivity contribution < 1.29 is 23.4 Å². The Labute approximate surface area is 211 Å². The number of ether oxygens (including phenoxy) is 3. The summed E-state index contributed by atoms with van der Waals surface area (Å²) >= 11 is 1.22. The standard InChI is InChI=1S/C26H33N3O5S/c1-6-31-21-14-20(15-22(32-7-2)24(21)33-8-3)25-27-28-26(34-25)35-17-23(30)29(18(4)5)16-19-12-10-9-11-13-19/h9-15,18H,6-8,16-17H2,1-5H3. The predicted molar refractivity (Wildman–Crippen MR) is 136 cm³/mol. The van der Waals surface area contributed by atoms with E-state index in [1.54, 1.807) is 12.1 Å². The van der Waals surface area contributed by atoms with E-state index in [9.17, 15) is 4.79 Å². The van der Waals surface area contributed by atoms with Gasteiger partial charge in [-0.2, -0.15) is 0 Å². The molecule has 35 heavy (non-hydrogen) atoms. The number of carbonyl (C=O) groups is 1. The molecular weight excluding hydrogens is 466 g/mol. The van der Waals surface area contributed by atoms with Gasteiger partial charge in [-0.1, -0.05) is 42.1 Å². The van der Waals surface area contributed by atoms with Gasteiger partial charge in [0.05, 0.1) is 25.6 Å². The third-order valence-electron chi connectivity index (χ3n) is 5.02. The summed E-state index contributed by atoms with van der Waals surface area (Å²) in [6.45, 7) is 11.7. The molecule has 0 radical (unpaired) electrons. The van der Waals surface area contributed by atoms with Crippen LogP contribution in [0, 0.1) is 0 Å². The van der Waals surface area contributed by atoms with Gasteiger partial charge in [-0.25, -0.2) is 0 Å². The highest BCUT2D eigenvalue weighted by molar-refractivity contribution is 7.99. The van der Waals surface area contributed by atoms with Gasteiger partial charge >= 0.3 is 0 Å². The van der Waals surface area contributed by atoms with Crippen molar-refractivity contribution in [3.05, 3.63) is 48.0 Å². The molecule has 9 heteroatoms. The first-order valence-corrected chi connectivity index (χ1v) is 12.8. The van der Waals surface area contributed by atoms with Crippen LogP contribution < -0.4 is 14.2 Å². The second kappa shape index (κ2) is 13.0. The van der Waals surface area contributed by atoms with Crippen LogP contribution in [-0.4, -0.2) is 52.6 Å². The molecular formula is C26H33N3O5S. The zero-order valence-corrected chi connectivity index (χ0v) is 21.8. The molecule has 0 saturated carbocycles. The van der Waals surface area contributed by atoms with E-state index in [1.165, 1.54) is 11.8 Å². The molecule has 0 aliphatic rings. The van der Waals surface area contributed by atoms with Crippen molar-refractivity contribution in [1.29, 1.82) is 0 Å². The van der Waals surface area contributed by atoms with E-state index in [2.05, 4.69) is 10.2 Å². The van der Waals surface area contributed by atoms with Crippen LogP contribution in [-0.2, 0) is 11.3 Å². The molecule has 0 spiro atoms. The Morgan fingerprint density at radius 2 is 1.60 bits per heavy atom. The number of hydrogen-bond acceptors (Lipinski definition) is 8. The summed E-state index contributed by atoms with van der Waals surface area (Å²) in [5, 5.41) is 8.62. The van der Waals surface area contributed by atoms with Gasteiger partial charge in [0, 0.05) is 18.2 Å². The zero-order chi connectivity index (χ0) is 25.2. The van der Waals surface area contributed by atoms with Gasteiger partial charge in [-0.15, -0.1) is 10.2 Å². The van der Waals surface area contributed by atoms with Crippen LogP contribution in [0.4, 0.5) is 0 Å². The molecule has 0 saturated heterocycles. The predicted octanol–water partition coefficient (Wildman–Crippen LogP) is 5.46. The summed E-state index contributed by atoms with van der Waals surface area (Å²) in [4.78, 5) is 14.8. The fraction of sp³-hybridized carbons (Fsp3) is 0.423. The van der Waals surface area contributed by atoms with Crippen molar-refractivity contribution >= 4 is 17.7 Å². The van der Waals surface area contributed by atoms with Crippen LogP contribution in [0.2, 0.25) is 0 Å². The van der Waals surface area contributed by atoms with Crippen molar-refractivity contribution in [1.82, 2.24) is 15.1 Å². The first kappa shape index (κ1) is 26.4. The van der Waals surface area contributed by atoms with Crippen LogP contribution in [0.5, 0.6) is 17.2 Å². The summed E-state index contributed by atoms with van der Waals surface area (Å²) in [5.74, 6) is 2.16. The van der Waals surface area contributed by atoms with E-state index in [-0.39, 0.29) is 17.7 Å². The lowest BCUT2D eigenvalue weighted by Crippen LogP contribution is -2.37. The Morgan fingerprint density at radius 1 is 0.971 bits per heavy atom. The maximum absolute atomic E-state index is 12.9. The smallest absolute Gasteiger partial charge is 0.277 e. The van der Waals surface area contributed by atoms with Crippen LogP contribution in [0.15, 0.2) is 52.1 Å². The fourth-order valence-electron chi connectivity index (χ4n) is 3.44. The van der Waals surface area contributed by atoms with Gasteiger partial charge < -0.3 is 23.5 Å². The molecule has 0 atom stereocenters. The third kappa shape index (κ3) is 7.14. The minimum absolute atomic E-state index is 0.00642. The van der Waals surface area contributed by atoms with E-state index >= 15 is 0 Å². The van der Waals surface area contributed by atoms with Crippen molar-refractivity contribution in [2.24, 2.45) is 0 Å². The van der Waals surface area contributed by atoms with Gasteiger partial charge in [-0.3, -0.25) is 4.79 Å². The topological polar surface area (TPSA) is 86.9 Å². The molecule has 2 aromatic carbocycles. The van der Waals surface area contributed by atoms with Gasteiger partial charge in [0.25, 0.3) is 5.22 Å². The lowest BCUT2D eigenvalue weighted by molar-refractivity contribution is -0.130. The highest BCUT2D eigenvalue weighted by Crippen LogP contribution is 2.42. The molecule has 0 unspecified atom stereocenters. The van der Waals surface area contributed by atoms with E-state index in [0.29, 0.717) is 60.3 Å². The first-order valence-electron chi connectivity index (χ1n) is 11.8. The Balaban J connectivity index is 1.74.